The second-order valence-electron chi connectivity index (χ2n) is 4.69. The van der Waals surface area contributed by atoms with E-state index in [2.05, 4.69) is 13.8 Å². The second-order valence-corrected chi connectivity index (χ2v) is 7.29. The average molecular weight is 311 g/mol. The average Bonchev–Trinajstić information content (AvgIpc) is 2.87. The van der Waals surface area contributed by atoms with E-state index in [0.717, 1.165) is 23.3 Å². The third-order valence-electron chi connectivity index (χ3n) is 3.37. The molecule has 0 bridgehead atoms. The maximum absolute atomic E-state index is 12.5. The minimum Gasteiger partial charge on any atom is -0.478 e. The molecule has 0 aromatic carbocycles. The molecule has 2 atom stereocenters. The van der Waals surface area contributed by atoms with Crippen molar-refractivity contribution in [1.82, 2.24) is 4.90 Å². The molecule has 0 radical (unpaired) electrons. The van der Waals surface area contributed by atoms with Gasteiger partial charge in [-0.2, -0.15) is 11.8 Å². The zero-order chi connectivity index (χ0) is 14.7. The fourth-order valence-corrected chi connectivity index (χ4v) is 4.04. The molecule has 4 nitrogen and oxygen atoms in total. The van der Waals surface area contributed by atoms with Crippen molar-refractivity contribution in [2.75, 3.05) is 12.3 Å². The van der Waals surface area contributed by atoms with Crippen molar-refractivity contribution in [2.24, 2.45) is 0 Å². The van der Waals surface area contributed by atoms with E-state index in [0.29, 0.717) is 10.1 Å². The van der Waals surface area contributed by atoms with Gasteiger partial charge in [-0.05, 0) is 25.1 Å². The molecule has 0 spiro atoms. The van der Waals surface area contributed by atoms with Gasteiger partial charge in [0, 0.05) is 34.5 Å². The van der Waals surface area contributed by atoms with Crippen molar-refractivity contribution in [3.63, 3.8) is 0 Å². The highest BCUT2D eigenvalue weighted by Crippen LogP contribution is 2.27. The lowest BCUT2D eigenvalue weighted by Gasteiger charge is -2.37. The van der Waals surface area contributed by atoms with E-state index in [1.165, 1.54) is 17.4 Å². The molecule has 0 saturated carbocycles. The quantitative estimate of drug-likeness (QED) is 0.872. The van der Waals surface area contributed by atoms with Crippen molar-refractivity contribution >= 4 is 41.1 Å². The highest BCUT2D eigenvalue weighted by Gasteiger charge is 2.29. The van der Waals surface area contributed by atoms with Crippen molar-refractivity contribution < 1.29 is 14.7 Å². The summed E-state index contributed by atoms with van der Waals surface area (Å²) in [6, 6.07) is 3.78. The number of nitrogens with zero attached hydrogens (tertiary/aromatic N) is 1. The van der Waals surface area contributed by atoms with Crippen molar-refractivity contribution in [3.05, 3.63) is 28.0 Å². The molecule has 0 aliphatic carbocycles. The minimum atomic E-state index is -0.984. The first-order valence-corrected chi connectivity index (χ1v) is 8.29. The number of thioether (sulfide) groups is 1. The second kappa shape index (κ2) is 6.45. The van der Waals surface area contributed by atoms with Crippen LogP contribution in [0.1, 0.15) is 28.4 Å². The molecule has 1 aliphatic rings. The van der Waals surface area contributed by atoms with Crippen LogP contribution in [0.3, 0.4) is 0 Å². The maximum atomic E-state index is 12.5. The molecule has 1 fully saturated rings. The molecule has 1 N–H and O–H groups in total. The molecule has 2 heterocycles. The van der Waals surface area contributed by atoms with Crippen LogP contribution in [0.2, 0.25) is 0 Å². The fraction of sp³-hybridized carbons (Fsp3) is 0.429. The van der Waals surface area contributed by atoms with Gasteiger partial charge in [0.1, 0.15) is 0 Å². The summed E-state index contributed by atoms with van der Waals surface area (Å²) < 4.78 is 0. The van der Waals surface area contributed by atoms with Crippen LogP contribution < -0.4 is 0 Å². The van der Waals surface area contributed by atoms with Gasteiger partial charge < -0.3 is 10.0 Å². The number of carbonyl (C=O) groups is 2. The number of thiophene rings is 1. The monoisotopic (exact) mass is 311 g/mol. The number of carboxylic acid groups (broad SMARTS) is 1. The summed E-state index contributed by atoms with van der Waals surface area (Å²) in [5, 5.41) is 9.04. The first-order chi connectivity index (χ1) is 9.49. The van der Waals surface area contributed by atoms with E-state index in [1.807, 2.05) is 16.7 Å². The van der Waals surface area contributed by atoms with Crippen molar-refractivity contribution in [2.45, 2.75) is 25.1 Å². The standard InChI is InChI=1S/C14H17NO3S2/c1-9-10(2)19-8-7-15(9)14(18)12-5-3-11(20-12)4-6-13(16)17/h3-6,9-10H,7-8H2,1-2H3,(H,16,17)/b6-4+. The smallest absolute Gasteiger partial charge is 0.328 e. The Bertz CT molecular complexity index is 538. The van der Waals surface area contributed by atoms with Crippen LogP contribution in [0.25, 0.3) is 6.08 Å². The molecule has 20 heavy (non-hydrogen) atoms. The number of aliphatic carboxylic acids is 1. The first-order valence-electron chi connectivity index (χ1n) is 6.42. The Hall–Kier alpha value is -1.27. The lowest BCUT2D eigenvalue weighted by atomic mass is 10.2. The zero-order valence-corrected chi connectivity index (χ0v) is 13.0. The van der Waals surface area contributed by atoms with E-state index >= 15 is 0 Å². The summed E-state index contributed by atoms with van der Waals surface area (Å²) in [5.74, 6) is 0.0281. The molecule has 1 aromatic heterocycles. The lowest BCUT2D eigenvalue weighted by molar-refractivity contribution is -0.131. The van der Waals surface area contributed by atoms with Gasteiger partial charge in [0.25, 0.3) is 5.91 Å². The normalized spacial score (nSPS) is 23.2. The van der Waals surface area contributed by atoms with Crippen LogP contribution in [-0.2, 0) is 4.79 Å². The van der Waals surface area contributed by atoms with E-state index < -0.39 is 5.97 Å². The Kier molecular flexibility index (Phi) is 4.88. The third kappa shape index (κ3) is 3.43. The Morgan fingerprint density at radius 3 is 2.85 bits per heavy atom. The Morgan fingerprint density at radius 1 is 1.40 bits per heavy atom. The topological polar surface area (TPSA) is 57.6 Å². The van der Waals surface area contributed by atoms with Crippen LogP contribution in [0.15, 0.2) is 18.2 Å². The molecular weight excluding hydrogens is 294 g/mol. The third-order valence-corrected chi connectivity index (χ3v) is 5.75. The van der Waals surface area contributed by atoms with Crippen LogP contribution in [0.5, 0.6) is 0 Å². The number of hydrogen-bond donors (Lipinski definition) is 1. The molecular formula is C14H17NO3S2. The molecule has 2 unspecified atom stereocenters. The van der Waals surface area contributed by atoms with Gasteiger partial charge in [0.2, 0.25) is 0 Å². The molecule has 2 rings (SSSR count). The fourth-order valence-electron chi connectivity index (χ4n) is 2.07. The van der Waals surface area contributed by atoms with Crippen LogP contribution in [0, 0.1) is 0 Å². The summed E-state index contributed by atoms with van der Waals surface area (Å²) in [4.78, 5) is 26.3. The van der Waals surface area contributed by atoms with Gasteiger partial charge in [0.05, 0.1) is 4.88 Å². The van der Waals surface area contributed by atoms with Gasteiger partial charge in [-0.25, -0.2) is 4.79 Å². The predicted molar refractivity (Wildman–Crippen MR) is 83.4 cm³/mol. The predicted octanol–water partition coefficient (Wildman–Crippen LogP) is 2.81. The number of carboxylic acids is 1. The lowest BCUT2D eigenvalue weighted by Crippen LogP contribution is -2.47. The highest BCUT2D eigenvalue weighted by molar-refractivity contribution is 8.00. The molecule has 1 amide bonds. The van der Waals surface area contributed by atoms with E-state index in [-0.39, 0.29) is 11.9 Å². The van der Waals surface area contributed by atoms with Crippen LogP contribution >= 0.6 is 23.1 Å². The summed E-state index contributed by atoms with van der Waals surface area (Å²) >= 11 is 3.22. The van der Waals surface area contributed by atoms with Gasteiger partial charge in [0.15, 0.2) is 0 Å². The summed E-state index contributed by atoms with van der Waals surface area (Å²) in [7, 11) is 0. The maximum Gasteiger partial charge on any atom is 0.328 e. The number of hydrogen-bond acceptors (Lipinski definition) is 4. The Morgan fingerprint density at radius 2 is 2.15 bits per heavy atom. The minimum absolute atomic E-state index is 0.0459. The molecule has 1 aromatic rings. The van der Waals surface area contributed by atoms with Crippen molar-refractivity contribution in [1.29, 1.82) is 0 Å². The summed E-state index contributed by atoms with van der Waals surface area (Å²) in [5.41, 5.74) is 0. The number of rotatable bonds is 3. The van der Waals surface area contributed by atoms with Crippen LogP contribution in [0.4, 0.5) is 0 Å². The van der Waals surface area contributed by atoms with Crippen LogP contribution in [-0.4, -0.2) is 45.5 Å². The molecule has 1 saturated heterocycles. The zero-order valence-electron chi connectivity index (χ0n) is 11.4. The Balaban J connectivity index is 2.11. The first kappa shape index (κ1) is 15.1. The van der Waals surface area contributed by atoms with Gasteiger partial charge >= 0.3 is 5.97 Å². The van der Waals surface area contributed by atoms with Gasteiger partial charge in [-0.1, -0.05) is 6.92 Å². The number of carbonyl (C=O) groups excluding carboxylic acids is 1. The molecule has 6 heteroatoms. The largest absolute Gasteiger partial charge is 0.478 e. The Labute approximate surface area is 126 Å². The van der Waals surface area contributed by atoms with E-state index in [1.54, 1.807) is 12.1 Å². The van der Waals surface area contributed by atoms with Gasteiger partial charge in [-0.15, -0.1) is 11.3 Å². The van der Waals surface area contributed by atoms with E-state index in [4.69, 9.17) is 5.11 Å². The van der Waals surface area contributed by atoms with E-state index in [9.17, 15) is 9.59 Å². The summed E-state index contributed by atoms with van der Waals surface area (Å²) in [6.45, 7) is 4.99. The summed E-state index contributed by atoms with van der Waals surface area (Å²) in [6.07, 6.45) is 2.60. The van der Waals surface area contributed by atoms with Crippen molar-refractivity contribution in [3.8, 4) is 0 Å². The molecule has 1 aliphatic heterocycles. The SMILES string of the molecule is CC1SCCN(C(=O)c2ccc(/C=C/C(=O)O)s2)C1C. The number of amides is 1. The van der Waals surface area contributed by atoms with Gasteiger partial charge in [-0.3, -0.25) is 4.79 Å². The molecule has 108 valence electrons. The highest BCUT2D eigenvalue weighted by atomic mass is 32.2.